The van der Waals surface area contributed by atoms with Crippen molar-refractivity contribution in [2.24, 2.45) is 0 Å². The predicted octanol–water partition coefficient (Wildman–Crippen LogP) is 3.44. The fourth-order valence-electron chi connectivity index (χ4n) is 4.68. The van der Waals surface area contributed by atoms with Gasteiger partial charge in [0.1, 0.15) is 11.8 Å². The van der Waals surface area contributed by atoms with Gasteiger partial charge in [-0.3, -0.25) is 14.5 Å². The Hall–Kier alpha value is -3.01. The second-order valence-corrected chi connectivity index (χ2v) is 9.99. The van der Waals surface area contributed by atoms with Crippen LogP contribution in [0.2, 0.25) is 0 Å². The van der Waals surface area contributed by atoms with Gasteiger partial charge in [0.2, 0.25) is 5.91 Å². The maximum Gasteiger partial charge on any atom is 0.256 e. The average molecular weight is 524 g/mol. The van der Waals surface area contributed by atoms with Gasteiger partial charge in [-0.2, -0.15) is 0 Å². The van der Waals surface area contributed by atoms with E-state index in [1.807, 2.05) is 59.5 Å². The molecule has 2 amide bonds. The van der Waals surface area contributed by atoms with E-state index in [2.05, 4.69) is 29.1 Å². The molecule has 0 aromatic heterocycles. The maximum atomic E-state index is 13.5. The zero-order chi connectivity index (χ0) is 26.2. The van der Waals surface area contributed by atoms with Gasteiger partial charge >= 0.3 is 0 Å². The van der Waals surface area contributed by atoms with E-state index < -0.39 is 6.04 Å². The van der Waals surface area contributed by atoms with E-state index in [1.165, 1.54) is 0 Å². The summed E-state index contributed by atoms with van der Waals surface area (Å²) in [5.41, 5.74) is 1.40. The average Bonchev–Trinajstić information content (AvgIpc) is 3.13. The number of amides is 2. The summed E-state index contributed by atoms with van der Waals surface area (Å²) in [6, 6.07) is 16.1. The molecule has 0 aliphatic carbocycles. The van der Waals surface area contributed by atoms with Gasteiger partial charge in [-0.1, -0.05) is 25.1 Å². The second kappa shape index (κ2) is 13.0. The Balaban J connectivity index is 1.41. The third-order valence-electron chi connectivity index (χ3n) is 6.79. The Morgan fingerprint density at radius 3 is 2.41 bits per heavy atom. The minimum Gasteiger partial charge on any atom is -0.494 e. The van der Waals surface area contributed by atoms with E-state index in [0.717, 1.165) is 57.0 Å². The van der Waals surface area contributed by atoms with Crippen LogP contribution >= 0.6 is 12.2 Å². The van der Waals surface area contributed by atoms with Crippen LogP contribution in [-0.4, -0.2) is 90.6 Å². The van der Waals surface area contributed by atoms with Crippen molar-refractivity contribution in [1.29, 1.82) is 0 Å². The molecule has 2 aliphatic heterocycles. The van der Waals surface area contributed by atoms with E-state index in [-0.39, 0.29) is 18.2 Å². The Kier molecular flexibility index (Phi) is 9.49. The first-order valence-electron chi connectivity index (χ1n) is 13.1. The van der Waals surface area contributed by atoms with E-state index >= 15 is 0 Å². The van der Waals surface area contributed by atoms with Gasteiger partial charge in [0.25, 0.3) is 5.91 Å². The monoisotopic (exact) mass is 523 g/mol. The summed E-state index contributed by atoms with van der Waals surface area (Å²) < 4.78 is 5.61. The van der Waals surface area contributed by atoms with Crippen LogP contribution in [0.4, 0.5) is 11.4 Å². The van der Waals surface area contributed by atoms with Crippen molar-refractivity contribution in [1.82, 2.24) is 14.7 Å². The van der Waals surface area contributed by atoms with Crippen molar-refractivity contribution in [2.75, 3.05) is 63.1 Å². The van der Waals surface area contributed by atoms with Crippen molar-refractivity contribution in [2.45, 2.75) is 32.2 Å². The predicted molar refractivity (Wildman–Crippen MR) is 151 cm³/mol. The van der Waals surface area contributed by atoms with Gasteiger partial charge < -0.3 is 24.8 Å². The number of carbonyl (C=O) groups excluding carboxylic acids is 2. The topological polar surface area (TPSA) is 68.4 Å². The molecule has 8 nitrogen and oxygen atoms in total. The highest BCUT2D eigenvalue weighted by Gasteiger charge is 2.43. The molecule has 2 aromatic carbocycles. The SMILES string of the molecule is CCCOc1ccc(NC(=O)C[C@@H]2C(=O)N(c3ccccc3)C(=S)N2CCCN2CCN(C)CC2)cc1. The molecule has 2 aliphatic rings. The van der Waals surface area contributed by atoms with Crippen LogP contribution in [0.1, 0.15) is 26.2 Å². The molecule has 9 heteroatoms. The summed E-state index contributed by atoms with van der Waals surface area (Å²) in [5, 5.41) is 3.39. The lowest BCUT2D eigenvalue weighted by Crippen LogP contribution is -2.45. The number of rotatable bonds is 11. The summed E-state index contributed by atoms with van der Waals surface area (Å²) in [4.78, 5) is 34.9. The molecule has 2 heterocycles. The molecule has 4 rings (SSSR count). The molecule has 2 fully saturated rings. The largest absolute Gasteiger partial charge is 0.494 e. The Labute approximate surface area is 225 Å². The Morgan fingerprint density at radius 2 is 1.73 bits per heavy atom. The van der Waals surface area contributed by atoms with E-state index in [1.54, 1.807) is 4.90 Å². The zero-order valence-electron chi connectivity index (χ0n) is 21.8. The molecule has 1 atom stereocenters. The minimum atomic E-state index is -0.632. The number of thiocarbonyl (C=S) groups is 1. The number of para-hydroxylation sites is 1. The van der Waals surface area contributed by atoms with E-state index in [4.69, 9.17) is 17.0 Å². The molecule has 0 saturated carbocycles. The molecule has 0 bridgehead atoms. The van der Waals surface area contributed by atoms with E-state index in [9.17, 15) is 9.59 Å². The van der Waals surface area contributed by atoms with Crippen molar-refractivity contribution in [3.63, 3.8) is 0 Å². The molecule has 2 saturated heterocycles. The zero-order valence-corrected chi connectivity index (χ0v) is 22.6. The van der Waals surface area contributed by atoms with E-state index in [0.29, 0.717) is 24.0 Å². The van der Waals surface area contributed by atoms with Crippen molar-refractivity contribution in [3.8, 4) is 5.75 Å². The quantitative estimate of drug-likeness (QED) is 0.453. The molecule has 198 valence electrons. The van der Waals surface area contributed by atoms with Gasteiger partial charge in [0, 0.05) is 38.4 Å². The number of ether oxygens (including phenoxy) is 1. The van der Waals surface area contributed by atoms with Crippen LogP contribution in [-0.2, 0) is 9.59 Å². The molecule has 0 radical (unpaired) electrons. The molecule has 2 aromatic rings. The number of carbonyl (C=O) groups is 2. The number of nitrogens with zero attached hydrogens (tertiary/aromatic N) is 4. The maximum absolute atomic E-state index is 13.5. The van der Waals surface area contributed by atoms with Crippen LogP contribution in [0.5, 0.6) is 5.75 Å². The van der Waals surface area contributed by atoms with Gasteiger partial charge in [0.05, 0.1) is 18.7 Å². The van der Waals surface area contributed by atoms with Gasteiger partial charge in [-0.25, -0.2) is 0 Å². The molecule has 1 N–H and O–H groups in total. The fourth-order valence-corrected chi connectivity index (χ4v) is 5.09. The van der Waals surface area contributed by atoms with Crippen LogP contribution in [0.3, 0.4) is 0 Å². The third-order valence-corrected chi connectivity index (χ3v) is 7.21. The number of benzene rings is 2. The Bertz CT molecular complexity index is 1060. The summed E-state index contributed by atoms with van der Waals surface area (Å²) in [5.74, 6) is 0.387. The number of nitrogens with one attached hydrogen (secondary N) is 1. The van der Waals surface area contributed by atoms with Crippen molar-refractivity contribution in [3.05, 3.63) is 54.6 Å². The first kappa shape index (κ1) is 27.0. The molecule has 0 spiro atoms. The lowest BCUT2D eigenvalue weighted by atomic mass is 10.1. The second-order valence-electron chi connectivity index (χ2n) is 9.62. The lowest BCUT2D eigenvalue weighted by Gasteiger charge is -2.33. The number of hydrogen-bond donors (Lipinski definition) is 1. The number of likely N-dealkylation sites (N-methyl/N-ethyl adjacent to an activating group) is 1. The van der Waals surface area contributed by atoms with Crippen LogP contribution < -0.4 is 15.0 Å². The van der Waals surface area contributed by atoms with Crippen molar-refractivity contribution < 1.29 is 14.3 Å². The highest BCUT2D eigenvalue weighted by atomic mass is 32.1. The normalized spacial score (nSPS) is 18.9. The highest BCUT2D eigenvalue weighted by molar-refractivity contribution is 7.80. The van der Waals surface area contributed by atoms with Crippen LogP contribution in [0.25, 0.3) is 0 Å². The smallest absolute Gasteiger partial charge is 0.256 e. The minimum absolute atomic E-state index is 0.0326. The summed E-state index contributed by atoms with van der Waals surface area (Å²) >= 11 is 5.78. The first-order chi connectivity index (χ1) is 18.0. The molecular formula is C28H37N5O3S. The molecule has 0 unspecified atom stereocenters. The van der Waals surface area contributed by atoms with Crippen LogP contribution in [0.15, 0.2) is 54.6 Å². The highest BCUT2D eigenvalue weighted by Crippen LogP contribution is 2.27. The number of hydrogen-bond acceptors (Lipinski definition) is 6. The number of piperazine rings is 1. The third kappa shape index (κ3) is 7.06. The molecular weight excluding hydrogens is 486 g/mol. The van der Waals surface area contributed by atoms with Gasteiger partial charge in [0.15, 0.2) is 5.11 Å². The van der Waals surface area contributed by atoms with Gasteiger partial charge in [-0.15, -0.1) is 0 Å². The standard InChI is InChI=1S/C28H37N5O3S/c1-3-20-36-24-12-10-22(11-13-24)29-26(34)21-25-27(35)33(23-8-5-4-6-9-23)28(37)32(25)15-7-14-31-18-16-30(2)17-19-31/h4-6,8-13,25H,3,7,14-21H2,1-2H3,(H,29,34)/t25-/m1/s1. The lowest BCUT2D eigenvalue weighted by molar-refractivity contribution is -0.124. The summed E-state index contributed by atoms with van der Waals surface area (Å²) in [6.45, 7) is 8.50. The first-order valence-corrected chi connectivity index (χ1v) is 13.5. The molecule has 37 heavy (non-hydrogen) atoms. The summed E-state index contributed by atoms with van der Waals surface area (Å²) in [6.07, 6.45) is 1.84. The summed E-state index contributed by atoms with van der Waals surface area (Å²) in [7, 11) is 2.15. The van der Waals surface area contributed by atoms with Crippen molar-refractivity contribution >= 4 is 40.5 Å². The van der Waals surface area contributed by atoms with Gasteiger partial charge in [-0.05, 0) is 75.1 Å². The van der Waals surface area contributed by atoms with Crippen LogP contribution in [0, 0.1) is 0 Å². The fraction of sp³-hybridized carbons (Fsp3) is 0.464. The number of anilines is 2. The Morgan fingerprint density at radius 1 is 1.03 bits per heavy atom.